The van der Waals surface area contributed by atoms with E-state index in [4.69, 9.17) is 0 Å². The molecule has 0 aliphatic carbocycles. The molecule has 3 atom stereocenters. The molecule has 1 aliphatic rings. The van der Waals surface area contributed by atoms with Gasteiger partial charge >= 0.3 is 0 Å². The predicted octanol–water partition coefficient (Wildman–Crippen LogP) is 3.21. The van der Waals surface area contributed by atoms with Crippen LogP contribution in [0.15, 0.2) is 18.2 Å². The molecule has 1 heterocycles. The molecule has 1 saturated heterocycles. The summed E-state index contributed by atoms with van der Waals surface area (Å²) < 4.78 is 0. The standard InChI is InChI=1S/C16H23NO2/c1-10-8-11(2)13(4)17(9-10)16(19)14-6-5-7-15(18)12(14)3/h5-7,10-11,13,18H,8-9H2,1-4H3. The lowest BCUT2D eigenvalue weighted by molar-refractivity contribution is 0.0454. The molecule has 1 aliphatic heterocycles. The molecule has 1 fully saturated rings. The van der Waals surface area contributed by atoms with Crippen molar-refractivity contribution >= 4 is 5.91 Å². The number of amides is 1. The molecular weight excluding hydrogens is 238 g/mol. The lowest BCUT2D eigenvalue weighted by Crippen LogP contribution is -2.49. The van der Waals surface area contributed by atoms with E-state index in [2.05, 4.69) is 20.8 Å². The zero-order valence-corrected chi connectivity index (χ0v) is 12.2. The van der Waals surface area contributed by atoms with Crippen LogP contribution < -0.4 is 0 Å². The van der Waals surface area contributed by atoms with Crippen LogP contribution in [0.25, 0.3) is 0 Å². The minimum Gasteiger partial charge on any atom is -0.508 e. The van der Waals surface area contributed by atoms with E-state index in [0.717, 1.165) is 6.54 Å². The van der Waals surface area contributed by atoms with E-state index in [9.17, 15) is 9.90 Å². The molecule has 0 bridgehead atoms. The summed E-state index contributed by atoms with van der Waals surface area (Å²) in [5.41, 5.74) is 1.29. The van der Waals surface area contributed by atoms with Gasteiger partial charge < -0.3 is 10.0 Å². The summed E-state index contributed by atoms with van der Waals surface area (Å²) in [6.07, 6.45) is 1.17. The van der Waals surface area contributed by atoms with Gasteiger partial charge in [-0.3, -0.25) is 4.79 Å². The summed E-state index contributed by atoms with van der Waals surface area (Å²) in [7, 11) is 0. The van der Waals surface area contributed by atoms with Crippen LogP contribution in [0.2, 0.25) is 0 Å². The van der Waals surface area contributed by atoms with E-state index in [1.54, 1.807) is 25.1 Å². The lowest BCUT2D eigenvalue weighted by atomic mass is 9.85. The van der Waals surface area contributed by atoms with E-state index in [-0.39, 0.29) is 17.7 Å². The highest BCUT2D eigenvalue weighted by atomic mass is 16.3. The van der Waals surface area contributed by atoms with Crippen molar-refractivity contribution in [1.82, 2.24) is 4.90 Å². The Morgan fingerprint density at radius 2 is 2.00 bits per heavy atom. The Morgan fingerprint density at radius 3 is 2.68 bits per heavy atom. The Kier molecular flexibility index (Phi) is 3.83. The Morgan fingerprint density at radius 1 is 1.32 bits per heavy atom. The third-order valence-electron chi connectivity index (χ3n) is 4.39. The van der Waals surface area contributed by atoms with E-state index in [0.29, 0.717) is 23.0 Å². The van der Waals surface area contributed by atoms with Crippen molar-refractivity contribution in [3.05, 3.63) is 29.3 Å². The highest BCUT2D eigenvalue weighted by Gasteiger charge is 2.32. The van der Waals surface area contributed by atoms with Gasteiger partial charge in [0.25, 0.3) is 5.91 Å². The van der Waals surface area contributed by atoms with E-state index < -0.39 is 0 Å². The quantitative estimate of drug-likeness (QED) is 0.843. The number of phenolic OH excluding ortho intramolecular Hbond substituents is 1. The summed E-state index contributed by atoms with van der Waals surface area (Å²) in [5, 5.41) is 9.75. The van der Waals surface area contributed by atoms with Gasteiger partial charge in [-0.25, -0.2) is 0 Å². The van der Waals surface area contributed by atoms with Gasteiger partial charge in [-0.1, -0.05) is 19.9 Å². The largest absolute Gasteiger partial charge is 0.508 e. The highest BCUT2D eigenvalue weighted by Crippen LogP contribution is 2.29. The summed E-state index contributed by atoms with van der Waals surface area (Å²) in [6, 6.07) is 5.41. The zero-order valence-electron chi connectivity index (χ0n) is 12.2. The van der Waals surface area contributed by atoms with Crippen molar-refractivity contribution < 1.29 is 9.90 Å². The molecule has 3 unspecified atom stereocenters. The maximum absolute atomic E-state index is 12.7. The normalized spacial score (nSPS) is 27.4. The molecule has 0 radical (unpaired) electrons. The number of piperidine rings is 1. The van der Waals surface area contributed by atoms with Crippen LogP contribution in [0, 0.1) is 18.8 Å². The summed E-state index contributed by atoms with van der Waals surface area (Å²) in [6.45, 7) is 9.12. The molecule has 3 nitrogen and oxygen atoms in total. The first kappa shape index (κ1) is 13.9. The SMILES string of the molecule is Cc1c(O)cccc1C(=O)N1CC(C)CC(C)C1C. The molecule has 19 heavy (non-hydrogen) atoms. The fourth-order valence-electron chi connectivity index (χ4n) is 2.99. The molecule has 0 saturated carbocycles. The van der Waals surface area contributed by atoms with Gasteiger partial charge in [0.05, 0.1) is 0 Å². The first-order chi connectivity index (χ1) is 8.91. The smallest absolute Gasteiger partial charge is 0.254 e. The van der Waals surface area contributed by atoms with Crippen LogP contribution in [0.4, 0.5) is 0 Å². The second kappa shape index (κ2) is 5.24. The fourth-order valence-corrected chi connectivity index (χ4v) is 2.99. The Balaban J connectivity index is 2.30. The number of carbonyl (C=O) groups is 1. The molecule has 0 aromatic heterocycles. The average Bonchev–Trinajstić information content (AvgIpc) is 2.36. The van der Waals surface area contributed by atoms with Gasteiger partial charge in [-0.15, -0.1) is 0 Å². The Bertz CT molecular complexity index is 484. The van der Waals surface area contributed by atoms with Crippen LogP contribution in [-0.2, 0) is 0 Å². The first-order valence-corrected chi connectivity index (χ1v) is 7.01. The molecule has 3 heteroatoms. The van der Waals surface area contributed by atoms with Crippen molar-refractivity contribution in [2.75, 3.05) is 6.54 Å². The number of nitrogens with zero attached hydrogens (tertiary/aromatic N) is 1. The monoisotopic (exact) mass is 261 g/mol. The van der Waals surface area contributed by atoms with Crippen molar-refractivity contribution in [3.8, 4) is 5.75 Å². The van der Waals surface area contributed by atoms with Crippen LogP contribution >= 0.6 is 0 Å². The number of carbonyl (C=O) groups excluding carboxylic acids is 1. The summed E-state index contributed by atoms with van der Waals surface area (Å²) >= 11 is 0. The zero-order chi connectivity index (χ0) is 14.2. The minimum atomic E-state index is 0.0410. The number of likely N-dealkylation sites (tertiary alicyclic amines) is 1. The number of aromatic hydroxyl groups is 1. The second-order valence-corrected chi connectivity index (χ2v) is 5.97. The van der Waals surface area contributed by atoms with Crippen LogP contribution in [-0.4, -0.2) is 28.5 Å². The third kappa shape index (κ3) is 2.60. The first-order valence-electron chi connectivity index (χ1n) is 7.01. The minimum absolute atomic E-state index is 0.0410. The fraction of sp³-hybridized carbons (Fsp3) is 0.562. The molecule has 1 aromatic rings. The number of rotatable bonds is 1. The third-order valence-corrected chi connectivity index (χ3v) is 4.39. The topological polar surface area (TPSA) is 40.5 Å². The number of hydrogen-bond donors (Lipinski definition) is 1. The van der Waals surface area contributed by atoms with Crippen LogP contribution in [0.5, 0.6) is 5.75 Å². The maximum atomic E-state index is 12.7. The van der Waals surface area contributed by atoms with Crippen molar-refractivity contribution in [2.45, 2.75) is 40.2 Å². The molecule has 1 aromatic carbocycles. The van der Waals surface area contributed by atoms with E-state index in [1.807, 2.05) is 4.90 Å². The van der Waals surface area contributed by atoms with Gasteiger partial charge in [0.15, 0.2) is 0 Å². The predicted molar refractivity (Wildman–Crippen MR) is 76.3 cm³/mol. The van der Waals surface area contributed by atoms with Crippen LogP contribution in [0.3, 0.4) is 0 Å². The van der Waals surface area contributed by atoms with E-state index in [1.165, 1.54) is 6.42 Å². The molecule has 1 amide bonds. The van der Waals surface area contributed by atoms with E-state index >= 15 is 0 Å². The molecular formula is C16H23NO2. The van der Waals surface area contributed by atoms with Gasteiger partial charge in [-0.05, 0) is 44.2 Å². The summed E-state index contributed by atoms with van der Waals surface area (Å²) in [5.74, 6) is 1.29. The second-order valence-electron chi connectivity index (χ2n) is 5.97. The van der Waals surface area contributed by atoms with Gasteiger partial charge in [-0.2, -0.15) is 0 Å². The number of phenols is 1. The lowest BCUT2D eigenvalue weighted by Gasteiger charge is -2.41. The van der Waals surface area contributed by atoms with Gasteiger partial charge in [0, 0.05) is 23.7 Å². The molecule has 0 spiro atoms. The van der Waals surface area contributed by atoms with Crippen molar-refractivity contribution in [2.24, 2.45) is 11.8 Å². The average molecular weight is 261 g/mol. The maximum Gasteiger partial charge on any atom is 0.254 e. The van der Waals surface area contributed by atoms with Crippen molar-refractivity contribution in [1.29, 1.82) is 0 Å². The van der Waals surface area contributed by atoms with Gasteiger partial charge in [0.2, 0.25) is 0 Å². The van der Waals surface area contributed by atoms with Crippen molar-refractivity contribution in [3.63, 3.8) is 0 Å². The Hall–Kier alpha value is -1.51. The molecule has 1 N–H and O–H groups in total. The Labute approximate surface area is 115 Å². The van der Waals surface area contributed by atoms with Crippen LogP contribution in [0.1, 0.15) is 43.1 Å². The summed E-state index contributed by atoms with van der Waals surface area (Å²) in [4.78, 5) is 14.6. The van der Waals surface area contributed by atoms with Gasteiger partial charge in [0.1, 0.15) is 5.75 Å². The number of hydrogen-bond acceptors (Lipinski definition) is 2. The molecule has 104 valence electrons. The highest BCUT2D eigenvalue weighted by molar-refractivity contribution is 5.96. The molecule has 2 rings (SSSR count). The number of benzene rings is 1.